The first-order valence-electron chi connectivity index (χ1n) is 8.64. The van der Waals surface area contributed by atoms with Crippen molar-refractivity contribution in [3.63, 3.8) is 0 Å². The molecule has 4 heteroatoms. The molecular weight excluding hydrogens is 266 g/mol. The molecule has 2 heterocycles. The molecule has 1 spiro atoms. The number of rotatable bonds is 4. The molecule has 3 rings (SSSR count). The maximum absolute atomic E-state index is 12.5. The van der Waals surface area contributed by atoms with Gasteiger partial charge in [0.25, 0.3) is 0 Å². The predicted molar refractivity (Wildman–Crippen MR) is 81.1 cm³/mol. The molecule has 1 aliphatic carbocycles. The molecule has 1 atom stereocenters. The Labute approximate surface area is 128 Å². The fraction of sp³-hybridized carbons (Fsp3) is 0.941. The first-order chi connectivity index (χ1) is 10.2. The smallest absolute Gasteiger partial charge is 0.225 e. The van der Waals surface area contributed by atoms with Crippen molar-refractivity contribution in [3.05, 3.63) is 0 Å². The second-order valence-electron chi connectivity index (χ2n) is 7.15. The summed E-state index contributed by atoms with van der Waals surface area (Å²) in [6, 6.07) is 0. The Balaban J connectivity index is 1.47. The minimum atomic E-state index is 0.0604. The van der Waals surface area contributed by atoms with Crippen molar-refractivity contribution in [2.24, 2.45) is 11.8 Å². The van der Waals surface area contributed by atoms with Crippen LogP contribution in [0.4, 0.5) is 0 Å². The van der Waals surface area contributed by atoms with E-state index < -0.39 is 0 Å². The number of carbonyl (C=O) groups excluding carboxylic acids is 1. The molecule has 120 valence electrons. The van der Waals surface area contributed by atoms with Gasteiger partial charge in [-0.15, -0.1) is 0 Å². The quantitative estimate of drug-likeness (QED) is 0.800. The molecule has 21 heavy (non-hydrogen) atoms. The summed E-state index contributed by atoms with van der Waals surface area (Å²) in [5.41, 5.74) is 0.0604. The third-order valence-electron chi connectivity index (χ3n) is 5.71. The van der Waals surface area contributed by atoms with E-state index in [-0.39, 0.29) is 5.60 Å². The summed E-state index contributed by atoms with van der Waals surface area (Å²) in [6.07, 6.45) is 8.98. The van der Waals surface area contributed by atoms with E-state index in [1.165, 1.54) is 12.8 Å². The molecule has 3 aliphatic rings. The zero-order chi connectivity index (χ0) is 14.7. The largest absolute Gasteiger partial charge is 0.385 e. The molecule has 0 aromatic heterocycles. The van der Waals surface area contributed by atoms with Gasteiger partial charge in [0.1, 0.15) is 0 Å². The number of hydrogen-bond donors (Lipinski definition) is 0. The number of amides is 1. The molecule has 1 amide bonds. The van der Waals surface area contributed by atoms with Crippen molar-refractivity contribution in [3.8, 4) is 0 Å². The van der Waals surface area contributed by atoms with Crippen LogP contribution < -0.4 is 0 Å². The van der Waals surface area contributed by atoms with Crippen LogP contribution in [0.3, 0.4) is 0 Å². The third kappa shape index (κ3) is 3.42. The van der Waals surface area contributed by atoms with Gasteiger partial charge in [-0.3, -0.25) is 4.79 Å². The molecular formula is C17H29NO3. The molecule has 3 fully saturated rings. The molecule has 0 N–H and O–H groups in total. The zero-order valence-corrected chi connectivity index (χ0v) is 13.3. The van der Waals surface area contributed by atoms with Crippen LogP contribution in [0.25, 0.3) is 0 Å². The van der Waals surface area contributed by atoms with Gasteiger partial charge in [0.05, 0.1) is 12.2 Å². The molecule has 2 aliphatic heterocycles. The number of carbonyl (C=O) groups is 1. The van der Waals surface area contributed by atoms with Gasteiger partial charge < -0.3 is 14.4 Å². The van der Waals surface area contributed by atoms with E-state index in [0.717, 1.165) is 64.8 Å². The van der Waals surface area contributed by atoms with E-state index in [0.29, 0.717) is 17.7 Å². The summed E-state index contributed by atoms with van der Waals surface area (Å²) in [4.78, 5) is 14.6. The van der Waals surface area contributed by atoms with Gasteiger partial charge >= 0.3 is 0 Å². The fourth-order valence-corrected chi connectivity index (χ4v) is 4.32. The fourth-order valence-electron chi connectivity index (χ4n) is 4.32. The lowest BCUT2D eigenvalue weighted by atomic mass is 9.84. The lowest BCUT2D eigenvalue weighted by Crippen LogP contribution is -2.48. The van der Waals surface area contributed by atoms with E-state index in [9.17, 15) is 4.79 Å². The standard InChI is InChI=1S/C17H29NO3/c1-20-11-6-14-12-17(21-13-14)7-9-18(10-8-17)16(19)15-4-2-3-5-15/h14-15H,2-13H2,1H3/t14-/m0/s1. The van der Waals surface area contributed by atoms with E-state index in [2.05, 4.69) is 4.90 Å². The van der Waals surface area contributed by atoms with Gasteiger partial charge in [-0.05, 0) is 44.4 Å². The van der Waals surface area contributed by atoms with Crippen molar-refractivity contribution in [1.82, 2.24) is 4.90 Å². The SMILES string of the molecule is COCC[C@@H]1COC2(CCN(C(=O)C3CCCC3)CC2)C1. The number of nitrogens with zero attached hydrogens (tertiary/aromatic N) is 1. The molecule has 0 radical (unpaired) electrons. The second-order valence-corrected chi connectivity index (χ2v) is 7.15. The van der Waals surface area contributed by atoms with Gasteiger partial charge in [0.2, 0.25) is 5.91 Å². The lowest BCUT2D eigenvalue weighted by molar-refractivity contribution is -0.140. The Morgan fingerprint density at radius 3 is 2.67 bits per heavy atom. The van der Waals surface area contributed by atoms with Crippen LogP contribution in [0.1, 0.15) is 51.4 Å². The Morgan fingerprint density at radius 1 is 1.29 bits per heavy atom. The number of ether oxygens (including phenoxy) is 2. The van der Waals surface area contributed by atoms with Crippen molar-refractivity contribution < 1.29 is 14.3 Å². The van der Waals surface area contributed by atoms with E-state index >= 15 is 0 Å². The van der Waals surface area contributed by atoms with Crippen molar-refractivity contribution in [1.29, 1.82) is 0 Å². The average molecular weight is 295 g/mol. The minimum absolute atomic E-state index is 0.0604. The molecule has 4 nitrogen and oxygen atoms in total. The first-order valence-corrected chi connectivity index (χ1v) is 8.64. The molecule has 0 aromatic carbocycles. The van der Waals surface area contributed by atoms with Crippen LogP contribution >= 0.6 is 0 Å². The summed E-state index contributed by atoms with van der Waals surface area (Å²) >= 11 is 0. The number of methoxy groups -OCH3 is 1. The molecule has 1 saturated carbocycles. The Bertz CT molecular complexity index is 357. The van der Waals surface area contributed by atoms with Gasteiger partial charge in [0.15, 0.2) is 0 Å². The topological polar surface area (TPSA) is 38.8 Å². The van der Waals surface area contributed by atoms with Gasteiger partial charge in [-0.2, -0.15) is 0 Å². The summed E-state index contributed by atoms with van der Waals surface area (Å²) in [5.74, 6) is 1.37. The summed E-state index contributed by atoms with van der Waals surface area (Å²) < 4.78 is 11.3. The highest BCUT2D eigenvalue weighted by molar-refractivity contribution is 5.79. The van der Waals surface area contributed by atoms with Crippen LogP contribution in [0.5, 0.6) is 0 Å². The Hall–Kier alpha value is -0.610. The van der Waals surface area contributed by atoms with E-state index in [1.807, 2.05) is 0 Å². The Kier molecular flexibility index (Phi) is 4.85. The zero-order valence-electron chi connectivity index (χ0n) is 13.3. The van der Waals surface area contributed by atoms with Crippen molar-refractivity contribution in [2.45, 2.75) is 57.0 Å². The Morgan fingerprint density at radius 2 is 2.00 bits per heavy atom. The van der Waals surface area contributed by atoms with Gasteiger partial charge in [-0.1, -0.05) is 12.8 Å². The normalized spacial score (nSPS) is 29.4. The van der Waals surface area contributed by atoms with E-state index in [4.69, 9.17) is 9.47 Å². The number of hydrogen-bond acceptors (Lipinski definition) is 3. The molecule has 2 saturated heterocycles. The van der Waals surface area contributed by atoms with Crippen molar-refractivity contribution in [2.75, 3.05) is 33.4 Å². The maximum Gasteiger partial charge on any atom is 0.225 e. The van der Waals surface area contributed by atoms with Crippen LogP contribution in [-0.2, 0) is 14.3 Å². The number of piperidine rings is 1. The van der Waals surface area contributed by atoms with Crippen LogP contribution in [0.2, 0.25) is 0 Å². The average Bonchev–Trinajstić information content (AvgIpc) is 3.16. The highest BCUT2D eigenvalue weighted by Gasteiger charge is 2.43. The lowest BCUT2D eigenvalue weighted by Gasteiger charge is -2.39. The first kappa shape index (κ1) is 15.3. The molecule has 0 unspecified atom stereocenters. The molecule has 0 aromatic rings. The number of likely N-dealkylation sites (tertiary alicyclic amines) is 1. The van der Waals surface area contributed by atoms with E-state index in [1.54, 1.807) is 7.11 Å². The monoisotopic (exact) mass is 295 g/mol. The van der Waals surface area contributed by atoms with Crippen LogP contribution in [-0.4, -0.2) is 49.8 Å². The predicted octanol–water partition coefficient (Wildman–Crippen LogP) is 2.61. The van der Waals surface area contributed by atoms with Crippen LogP contribution in [0.15, 0.2) is 0 Å². The second kappa shape index (κ2) is 6.66. The highest BCUT2D eigenvalue weighted by Crippen LogP contribution is 2.40. The van der Waals surface area contributed by atoms with Gasteiger partial charge in [0, 0.05) is 32.7 Å². The summed E-state index contributed by atoms with van der Waals surface area (Å²) in [5, 5.41) is 0. The molecule has 0 bridgehead atoms. The maximum atomic E-state index is 12.5. The van der Waals surface area contributed by atoms with Crippen LogP contribution in [0, 0.1) is 11.8 Å². The van der Waals surface area contributed by atoms with Gasteiger partial charge in [-0.25, -0.2) is 0 Å². The highest BCUT2D eigenvalue weighted by atomic mass is 16.5. The summed E-state index contributed by atoms with van der Waals surface area (Å²) in [7, 11) is 1.76. The third-order valence-corrected chi connectivity index (χ3v) is 5.71. The summed E-state index contributed by atoms with van der Waals surface area (Å²) in [6.45, 7) is 3.50. The minimum Gasteiger partial charge on any atom is -0.385 e. The van der Waals surface area contributed by atoms with Crippen molar-refractivity contribution >= 4 is 5.91 Å².